The summed E-state index contributed by atoms with van der Waals surface area (Å²) in [6.45, 7) is 5.30. The lowest BCUT2D eigenvalue weighted by Crippen LogP contribution is -2.51. The van der Waals surface area contributed by atoms with E-state index in [0.717, 1.165) is 25.7 Å². The third-order valence-corrected chi connectivity index (χ3v) is 6.09. The van der Waals surface area contributed by atoms with Crippen LogP contribution in [0.1, 0.15) is 49.9 Å². The normalized spacial score (nSPS) is 19.0. The van der Waals surface area contributed by atoms with E-state index in [1.165, 1.54) is 25.3 Å². The van der Waals surface area contributed by atoms with E-state index in [1.54, 1.807) is 19.1 Å². The summed E-state index contributed by atoms with van der Waals surface area (Å²) in [5.74, 6) is -0.0619. The number of methoxy groups -OCH3 is 2. The lowest BCUT2D eigenvalue weighted by Gasteiger charge is -2.36. The third-order valence-electron chi connectivity index (χ3n) is 6.09. The predicted molar refractivity (Wildman–Crippen MR) is 118 cm³/mol. The Morgan fingerprint density at radius 3 is 2.45 bits per heavy atom. The number of hydrogen-bond donors (Lipinski definition) is 2. The molecule has 0 radical (unpaired) electrons. The van der Waals surface area contributed by atoms with Crippen LogP contribution in [-0.2, 0) is 9.53 Å². The molecule has 0 spiro atoms. The van der Waals surface area contributed by atoms with Crippen LogP contribution >= 0.6 is 0 Å². The number of benzene rings is 1. The van der Waals surface area contributed by atoms with Crippen molar-refractivity contribution < 1.29 is 23.5 Å². The lowest BCUT2D eigenvalue weighted by atomic mass is 9.86. The number of ether oxygens (including phenoxy) is 2. The number of carbonyl (C=O) groups is 2. The number of amides is 2. The molecule has 0 unspecified atom stereocenters. The summed E-state index contributed by atoms with van der Waals surface area (Å²) in [5, 5.41) is 6.27. The van der Waals surface area contributed by atoms with Crippen LogP contribution in [-0.4, -0.2) is 69.3 Å². The number of carbonyl (C=O) groups excluding carboxylic acids is 2. The number of rotatable bonds is 10. The van der Waals surface area contributed by atoms with Gasteiger partial charge in [-0.1, -0.05) is 0 Å². The van der Waals surface area contributed by atoms with E-state index in [2.05, 4.69) is 10.6 Å². The highest BCUT2D eigenvalue weighted by Crippen LogP contribution is 2.24. The van der Waals surface area contributed by atoms with E-state index >= 15 is 0 Å². The lowest BCUT2D eigenvalue weighted by molar-refractivity contribution is -0.135. The second-order valence-electron chi connectivity index (χ2n) is 8.89. The van der Waals surface area contributed by atoms with Crippen LogP contribution in [0.3, 0.4) is 0 Å². The molecule has 174 valence electrons. The van der Waals surface area contributed by atoms with Crippen molar-refractivity contribution in [3.8, 4) is 5.75 Å². The van der Waals surface area contributed by atoms with Gasteiger partial charge in [-0.3, -0.25) is 9.59 Å². The molecule has 2 rings (SSSR count). The highest BCUT2D eigenvalue weighted by Gasteiger charge is 2.28. The maximum atomic E-state index is 13.6. The van der Waals surface area contributed by atoms with E-state index < -0.39 is 5.82 Å². The standard InChI is InChI=1S/C23H36FN3O4/c1-23(2,15-30-4)27(3)21(28)14-25-19-8-6-16(7-9-19)13-26-22(29)17-10-18(24)12-20(11-17)31-5/h10-12,16,19,25H,6-9,13-15H2,1-5H3,(H,26,29)/t16-,19+. The Bertz CT molecular complexity index is 748. The largest absolute Gasteiger partial charge is 0.497 e. The van der Waals surface area contributed by atoms with Crippen molar-refractivity contribution in [2.24, 2.45) is 5.92 Å². The molecule has 0 atom stereocenters. The minimum atomic E-state index is -0.498. The Balaban J connectivity index is 1.72. The molecule has 1 saturated carbocycles. The number of hydrogen-bond acceptors (Lipinski definition) is 5. The molecule has 1 fully saturated rings. The zero-order chi connectivity index (χ0) is 23.0. The van der Waals surface area contributed by atoms with E-state index in [0.29, 0.717) is 37.4 Å². The summed E-state index contributed by atoms with van der Waals surface area (Å²) in [4.78, 5) is 26.6. The SMILES string of the molecule is COCC(C)(C)N(C)C(=O)CN[C@H]1CC[C@@H](CNC(=O)c2cc(F)cc(OC)c2)CC1. The molecule has 0 aromatic heterocycles. The van der Waals surface area contributed by atoms with Gasteiger partial charge in [0.05, 0.1) is 25.8 Å². The number of likely N-dealkylation sites (N-methyl/N-ethyl adjacent to an activating group) is 1. The molecule has 7 nitrogen and oxygen atoms in total. The third kappa shape index (κ3) is 7.47. The van der Waals surface area contributed by atoms with Gasteiger partial charge in [-0.2, -0.15) is 0 Å². The Labute approximate surface area is 184 Å². The van der Waals surface area contributed by atoms with E-state index in [4.69, 9.17) is 9.47 Å². The maximum Gasteiger partial charge on any atom is 0.251 e. The van der Waals surface area contributed by atoms with E-state index in [1.807, 2.05) is 13.8 Å². The molecule has 31 heavy (non-hydrogen) atoms. The van der Waals surface area contributed by atoms with Gasteiger partial charge >= 0.3 is 0 Å². The van der Waals surface area contributed by atoms with Gasteiger partial charge in [0.1, 0.15) is 11.6 Å². The molecule has 2 N–H and O–H groups in total. The van der Waals surface area contributed by atoms with Gasteiger partial charge < -0.3 is 25.0 Å². The van der Waals surface area contributed by atoms with Gasteiger partial charge in [0.2, 0.25) is 5.91 Å². The van der Waals surface area contributed by atoms with Crippen LogP contribution in [0, 0.1) is 11.7 Å². The maximum absolute atomic E-state index is 13.6. The summed E-state index contributed by atoms with van der Waals surface area (Å²) in [7, 11) is 4.88. The average Bonchev–Trinajstić information content (AvgIpc) is 2.75. The molecule has 0 bridgehead atoms. The van der Waals surface area contributed by atoms with Gasteiger partial charge in [0.15, 0.2) is 0 Å². The number of nitrogens with zero attached hydrogens (tertiary/aromatic N) is 1. The first-order valence-corrected chi connectivity index (χ1v) is 10.8. The molecular weight excluding hydrogens is 401 g/mol. The van der Waals surface area contributed by atoms with Crippen LogP contribution in [0.25, 0.3) is 0 Å². The highest BCUT2D eigenvalue weighted by molar-refractivity contribution is 5.94. The summed E-state index contributed by atoms with van der Waals surface area (Å²) in [6.07, 6.45) is 3.83. The van der Waals surface area contributed by atoms with E-state index in [-0.39, 0.29) is 22.9 Å². The van der Waals surface area contributed by atoms with Crippen molar-refractivity contribution in [2.45, 2.75) is 51.1 Å². The topological polar surface area (TPSA) is 79.9 Å². The molecule has 1 aromatic rings. The fourth-order valence-corrected chi connectivity index (χ4v) is 3.86. The number of halogens is 1. The van der Waals surface area contributed by atoms with Crippen molar-refractivity contribution in [1.82, 2.24) is 15.5 Å². The zero-order valence-corrected chi connectivity index (χ0v) is 19.3. The Morgan fingerprint density at radius 1 is 1.16 bits per heavy atom. The first-order valence-electron chi connectivity index (χ1n) is 10.8. The fourth-order valence-electron chi connectivity index (χ4n) is 3.86. The highest BCUT2D eigenvalue weighted by atomic mass is 19.1. The van der Waals surface area contributed by atoms with Crippen LogP contribution in [0.5, 0.6) is 5.75 Å². The van der Waals surface area contributed by atoms with Crippen LogP contribution in [0.15, 0.2) is 18.2 Å². The van der Waals surface area contributed by atoms with Crippen LogP contribution in [0.2, 0.25) is 0 Å². The first-order chi connectivity index (χ1) is 14.7. The molecule has 1 aliphatic rings. The van der Waals surface area contributed by atoms with Crippen molar-refractivity contribution >= 4 is 11.8 Å². The smallest absolute Gasteiger partial charge is 0.251 e. The van der Waals surface area contributed by atoms with Gasteiger partial charge in [0.25, 0.3) is 5.91 Å². The Kier molecular flexibility index (Phi) is 9.25. The van der Waals surface area contributed by atoms with Gasteiger partial charge in [-0.25, -0.2) is 4.39 Å². The Hall–Kier alpha value is -2.19. The number of nitrogens with one attached hydrogen (secondary N) is 2. The van der Waals surface area contributed by atoms with Crippen LogP contribution in [0.4, 0.5) is 4.39 Å². The molecule has 0 saturated heterocycles. The predicted octanol–water partition coefficient (Wildman–Crippen LogP) is 2.60. The van der Waals surface area contributed by atoms with Gasteiger partial charge in [0, 0.05) is 38.4 Å². The van der Waals surface area contributed by atoms with Crippen molar-refractivity contribution in [2.75, 3.05) is 41.0 Å². The molecule has 2 amide bonds. The van der Waals surface area contributed by atoms with E-state index in [9.17, 15) is 14.0 Å². The minimum Gasteiger partial charge on any atom is -0.497 e. The quantitative estimate of drug-likeness (QED) is 0.588. The molecule has 0 aliphatic heterocycles. The average molecular weight is 438 g/mol. The second-order valence-corrected chi connectivity index (χ2v) is 8.89. The molecule has 0 heterocycles. The second kappa shape index (κ2) is 11.4. The Morgan fingerprint density at radius 2 is 1.84 bits per heavy atom. The molecule has 8 heteroatoms. The van der Waals surface area contributed by atoms with Crippen molar-refractivity contribution in [3.05, 3.63) is 29.6 Å². The van der Waals surface area contributed by atoms with Gasteiger partial charge in [-0.15, -0.1) is 0 Å². The molecule has 1 aliphatic carbocycles. The zero-order valence-electron chi connectivity index (χ0n) is 19.3. The molecule has 1 aromatic carbocycles. The van der Waals surface area contributed by atoms with Crippen LogP contribution < -0.4 is 15.4 Å². The summed E-state index contributed by atoms with van der Waals surface area (Å²) in [5.41, 5.74) is -0.0963. The molecular formula is C23H36FN3O4. The van der Waals surface area contributed by atoms with Crippen molar-refractivity contribution in [1.29, 1.82) is 0 Å². The van der Waals surface area contributed by atoms with Gasteiger partial charge in [-0.05, 0) is 57.6 Å². The monoisotopic (exact) mass is 437 g/mol. The first kappa shape index (κ1) is 25.1. The fraction of sp³-hybridized carbons (Fsp3) is 0.652. The summed E-state index contributed by atoms with van der Waals surface area (Å²) >= 11 is 0. The minimum absolute atomic E-state index is 0.0435. The van der Waals surface area contributed by atoms with Crippen molar-refractivity contribution in [3.63, 3.8) is 0 Å². The summed E-state index contributed by atoms with van der Waals surface area (Å²) in [6, 6.07) is 4.27. The summed E-state index contributed by atoms with van der Waals surface area (Å²) < 4.78 is 23.8.